The van der Waals surface area contributed by atoms with E-state index in [1.54, 1.807) is 0 Å². The van der Waals surface area contributed by atoms with E-state index >= 15 is 0 Å². The molecule has 2 aliphatic heterocycles. The SMILES string of the molecule is C[C@H](N)c1ccc(N2CCCC3C(=O)NCC32)cc1Br. The summed E-state index contributed by atoms with van der Waals surface area (Å²) in [6.45, 7) is 3.76. The molecule has 1 aromatic rings. The van der Waals surface area contributed by atoms with Crippen molar-refractivity contribution in [1.29, 1.82) is 0 Å². The van der Waals surface area contributed by atoms with Gasteiger partial charge in [-0.1, -0.05) is 22.0 Å². The molecule has 2 heterocycles. The van der Waals surface area contributed by atoms with Crippen molar-refractivity contribution in [3.63, 3.8) is 0 Å². The first-order valence-electron chi connectivity index (χ1n) is 7.17. The number of halogens is 1. The molecule has 2 unspecified atom stereocenters. The maximum absolute atomic E-state index is 11.8. The number of benzene rings is 1. The lowest BCUT2D eigenvalue weighted by molar-refractivity contribution is -0.122. The Labute approximate surface area is 127 Å². The van der Waals surface area contributed by atoms with E-state index in [1.165, 1.54) is 5.69 Å². The number of hydrogen-bond acceptors (Lipinski definition) is 3. The highest BCUT2D eigenvalue weighted by Crippen LogP contribution is 2.34. The number of hydrogen-bond donors (Lipinski definition) is 2. The van der Waals surface area contributed by atoms with Gasteiger partial charge in [-0.05, 0) is 37.5 Å². The molecule has 4 nitrogen and oxygen atoms in total. The molecule has 20 heavy (non-hydrogen) atoms. The quantitative estimate of drug-likeness (QED) is 0.869. The third-order valence-electron chi connectivity index (χ3n) is 4.41. The van der Waals surface area contributed by atoms with Crippen molar-refractivity contribution in [1.82, 2.24) is 5.32 Å². The van der Waals surface area contributed by atoms with Crippen LogP contribution in [0.5, 0.6) is 0 Å². The first-order valence-corrected chi connectivity index (χ1v) is 7.96. The second-order valence-electron chi connectivity index (χ2n) is 5.75. The van der Waals surface area contributed by atoms with Gasteiger partial charge in [0.15, 0.2) is 0 Å². The summed E-state index contributed by atoms with van der Waals surface area (Å²) in [5.41, 5.74) is 8.24. The second-order valence-corrected chi connectivity index (χ2v) is 6.60. The fourth-order valence-electron chi connectivity index (χ4n) is 3.34. The number of carbonyl (C=O) groups excluding carboxylic acids is 1. The van der Waals surface area contributed by atoms with Gasteiger partial charge in [-0.25, -0.2) is 0 Å². The number of fused-ring (bicyclic) bond motifs is 1. The zero-order chi connectivity index (χ0) is 14.3. The van der Waals surface area contributed by atoms with E-state index in [-0.39, 0.29) is 17.9 Å². The van der Waals surface area contributed by atoms with Gasteiger partial charge in [-0.2, -0.15) is 0 Å². The normalized spacial score (nSPS) is 27.1. The zero-order valence-corrected chi connectivity index (χ0v) is 13.2. The van der Waals surface area contributed by atoms with Crippen LogP contribution in [0.2, 0.25) is 0 Å². The summed E-state index contributed by atoms with van der Waals surface area (Å²) < 4.78 is 1.05. The van der Waals surface area contributed by atoms with Gasteiger partial charge >= 0.3 is 0 Å². The van der Waals surface area contributed by atoms with Crippen molar-refractivity contribution in [2.24, 2.45) is 11.7 Å². The molecule has 0 bridgehead atoms. The minimum absolute atomic E-state index is 0.0160. The summed E-state index contributed by atoms with van der Waals surface area (Å²) in [6.07, 6.45) is 2.08. The van der Waals surface area contributed by atoms with E-state index < -0.39 is 0 Å². The van der Waals surface area contributed by atoms with Gasteiger partial charge in [-0.15, -0.1) is 0 Å². The number of nitrogens with one attached hydrogen (secondary N) is 1. The Kier molecular flexibility index (Phi) is 3.73. The molecule has 0 aromatic heterocycles. The summed E-state index contributed by atoms with van der Waals surface area (Å²) in [4.78, 5) is 14.2. The van der Waals surface area contributed by atoms with E-state index in [4.69, 9.17) is 5.73 Å². The molecular formula is C15H20BrN3O. The molecule has 1 amide bonds. The average molecular weight is 338 g/mol. The van der Waals surface area contributed by atoms with Crippen molar-refractivity contribution in [3.8, 4) is 0 Å². The predicted octanol–water partition coefficient (Wildman–Crippen LogP) is 2.18. The van der Waals surface area contributed by atoms with Gasteiger partial charge in [0.2, 0.25) is 5.91 Å². The number of amides is 1. The lowest BCUT2D eigenvalue weighted by atomic mass is 9.91. The lowest BCUT2D eigenvalue weighted by Crippen LogP contribution is -2.45. The lowest BCUT2D eigenvalue weighted by Gasteiger charge is -2.38. The molecule has 3 rings (SSSR count). The van der Waals surface area contributed by atoms with E-state index in [1.807, 2.05) is 6.92 Å². The standard InChI is InChI=1S/C15H20BrN3O/c1-9(17)11-5-4-10(7-13(11)16)19-6-2-3-12-14(19)8-18-15(12)20/h4-5,7,9,12,14H,2-3,6,8,17H2,1H3,(H,18,20)/t9-,12?,14?/m0/s1. The minimum Gasteiger partial charge on any atom is -0.366 e. The molecule has 2 fully saturated rings. The predicted molar refractivity (Wildman–Crippen MR) is 83.6 cm³/mol. The molecule has 1 aromatic carbocycles. The largest absolute Gasteiger partial charge is 0.366 e. The highest BCUT2D eigenvalue weighted by molar-refractivity contribution is 9.10. The average Bonchev–Trinajstić information content (AvgIpc) is 2.80. The maximum atomic E-state index is 11.8. The number of piperidine rings is 1. The Hall–Kier alpha value is -1.07. The zero-order valence-electron chi connectivity index (χ0n) is 11.6. The third-order valence-corrected chi connectivity index (χ3v) is 5.09. The van der Waals surface area contributed by atoms with Crippen LogP contribution in [0.1, 0.15) is 31.4 Å². The van der Waals surface area contributed by atoms with Crippen LogP contribution < -0.4 is 16.0 Å². The topological polar surface area (TPSA) is 58.4 Å². The Morgan fingerprint density at radius 3 is 3.00 bits per heavy atom. The summed E-state index contributed by atoms with van der Waals surface area (Å²) in [5, 5.41) is 2.99. The maximum Gasteiger partial charge on any atom is 0.225 e. The highest BCUT2D eigenvalue weighted by Gasteiger charge is 2.40. The fraction of sp³-hybridized carbons (Fsp3) is 0.533. The Morgan fingerprint density at radius 1 is 1.50 bits per heavy atom. The number of carbonyl (C=O) groups is 1. The molecule has 0 spiro atoms. The van der Waals surface area contributed by atoms with Crippen molar-refractivity contribution < 1.29 is 4.79 Å². The summed E-state index contributed by atoms with van der Waals surface area (Å²) in [6, 6.07) is 6.64. The van der Waals surface area contributed by atoms with Gasteiger partial charge in [0.1, 0.15) is 0 Å². The third kappa shape index (κ3) is 2.33. The van der Waals surface area contributed by atoms with Crippen LogP contribution in [0.4, 0.5) is 5.69 Å². The first kappa shape index (κ1) is 13.9. The highest BCUT2D eigenvalue weighted by atomic mass is 79.9. The second kappa shape index (κ2) is 5.37. The van der Waals surface area contributed by atoms with Gasteiger partial charge in [0.05, 0.1) is 12.0 Å². The Morgan fingerprint density at radius 2 is 2.30 bits per heavy atom. The van der Waals surface area contributed by atoms with Gasteiger partial charge in [-0.3, -0.25) is 4.79 Å². The van der Waals surface area contributed by atoms with E-state index in [0.717, 1.165) is 36.0 Å². The summed E-state index contributed by atoms with van der Waals surface area (Å²) in [5.74, 6) is 0.363. The van der Waals surface area contributed by atoms with E-state index in [0.29, 0.717) is 6.04 Å². The van der Waals surface area contributed by atoms with Crippen LogP contribution in [0.25, 0.3) is 0 Å². The fourth-order valence-corrected chi connectivity index (χ4v) is 4.06. The molecule has 3 atom stereocenters. The van der Waals surface area contributed by atoms with Gasteiger partial charge in [0.25, 0.3) is 0 Å². The van der Waals surface area contributed by atoms with Crippen molar-refractivity contribution in [2.75, 3.05) is 18.0 Å². The molecule has 5 heteroatoms. The Balaban J connectivity index is 1.89. The van der Waals surface area contributed by atoms with E-state index in [2.05, 4.69) is 44.3 Å². The smallest absolute Gasteiger partial charge is 0.225 e. The monoisotopic (exact) mass is 337 g/mol. The molecule has 108 valence electrons. The van der Waals surface area contributed by atoms with E-state index in [9.17, 15) is 4.79 Å². The van der Waals surface area contributed by atoms with Crippen molar-refractivity contribution in [3.05, 3.63) is 28.2 Å². The van der Waals surface area contributed by atoms with Crippen LogP contribution in [-0.2, 0) is 4.79 Å². The minimum atomic E-state index is 0.0160. The van der Waals surface area contributed by atoms with Crippen LogP contribution in [0, 0.1) is 5.92 Å². The molecule has 3 N–H and O–H groups in total. The number of nitrogens with two attached hydrogens (primary N) is 1. The molecular weight excluding hydrogens is 318 g/mol. The number of nitrogens with zero attached hydrogens (tertiary/aromatic N) is 1. The molecule has 0 saturated carbocycles. The van der Waals surface area contributed by atoms with Crippen molar-refractivity contribution >= 4 is 27.5 Å². The first-order chi connectivity index (χ1) is 9.58. The molecule has 2 aliphatic rings. The van der Waals surface area contributed by atoms with Crippen LogP contribution in [0.15, 0.2) is 22.7 Å². The van der Waals surface area contributed by atoms with Crippen molar-refractivity contribution in [2.45, 2.75) is 31.8 Å². The molecule has 0 radical (unpaired) electrons. The number of anilines is 1. The van der Waals surface area contributed by atoms with Crippen LogP contribution in [-0.4, -0.2) is 25.0 Å². The van der Waals surface area contributed by atoms with Crippen LogP contribution in [0.3, 0.4) is 0 Å². The molecule has 0 aliphatic carbocycles. The summed E-state index contributed by atoms with van der Waals surface area (Å²) in [7, 11) is 0. The number of rotatable bonds is 2. The van der Waals surface area contributed by atoms with Gasteiger partial charge in [0, 0.05) is 29.3 Å². The molecule has 2 saturated heterocycles. The Bertz CT molecular complexity index is 532. The van der Waals surface area contributed by atoms with Crippen LogP contribution >= 0.6 is 15.9 Å². The summed E-state index contributed by atoms with van der Waals surface area (Å²) >= 11 is 3.61. The van der Waals surface area contributed by atoms with Gasteiger partial charge < -0.3 is 16.0 Å².